The normalized spacial score (nSPS) is 24.1. The Morgan fingerprint density at radius 2 is 2.39 bits per heavy atom. The maximum absolute atomic E-state index is 11.1. The molecule has 0 amide bonds. The summed E-state index contributed by atoms with van der Waals surface area (Å²) in [5, 5.41) is 9.10. The Hall–Kier alpha value is -1.62. The topological polar surface area (TPSA) is 62.7 Å². The fourth-order valence-electron chi connectivity index (χ4n) is 2.49. The van der Waals surface area contributed by atoms with Gasteiger partial charge in [-0.2, -0.15) is 0 Å². The molecule has 2 atom stereocenters. The summed E-state index contributed by atoms with van der Waals surface area (Å²) >= 11 is 0. The van der Waals surface area contributed by atoms with Crippen molar-refractivity contribution in [2.45, 2.75) is 13.5 Å². The van der Waals surface area contributed by atoms with Crippen LogP contribution in [0.15, 0.2) is 18.3 Å². The molecular formula is C13H18N2O3. The van der Waals surface area contributed by atoms with Crippen LogP contribution in [-0.4, -0.2) is 41.2 Å². The molecule has 0 bridgehead atoms. The predicted octanol–water partition coefficient (Wildman–Crippen LogP) is 1.24. The van der Waals surface area contributed by atoms with Crippen molar-refractivity contribution in [3.63, 3.8) is 0 Å². The Morgan fingerprint density at radius 3 is 3.00 bits per heavy atom. The van der Waals surface area contributed by atoms with Gasteiger partial charge in [-0.25, -0.2) is 4.98 Å². The summed E-state index contributed by atoms with van der Waals surface area (Å²) in [6.45, 7) is 4.06. The number of likely N-dealkylation sites (tertiary alicyclic amines) is 1. The van der Waals surface area contributed by atoms with Gasteiger partial charge in [0.15, 0.2) is 0 Å². The van der Waals surface area contributed by atoms with E-state index in [0.29, 0.717) is 19.0 Å². The predicted molar refractivity (Wildman–Crippen MR) is 66.4 cm³/mol. The van der Waals surface area contributed by atoms with Crippen LogP contribution in [0.2, 0.25) is 0 Å². The highest BCUT2D eigenvalue weighted by Crippen LogP contribution is 2.26. The Labute approximate surface area is 106 Å². The molecule has 1 aromatic rings. The molecule has 0 saturated carbocycles. The molecule has 0 spiro atoms. The van der Waals surface area contributed by atoms with Crippen molar-refractivity contribution in [2.24, 2.45) is 11.8 Å². The van der Waals surface area contributed by atoms with E-state index >= 15 is 0 Å². The van der Waals surface area contributed by atoms with Gasteiger partial charge in [0.25, 0.3) is 0 Å². The van der Waals surface area contributed by atoms with E-state index < -0.39 is 5.97 Å². The quantitative estimate of drug-likeness (QED) is 0.871. The zero-order valence-corrected chi connectivity index (χ0v) is 10.7. The third-order valence-corrected chi connectivity index (χ3v) is 3.44. The average Bonchev–Trinajstić information content (AvgIpc) is 2.71. The minimum absolute atomic E-state index is 0.185. The lowest BCUT2D eigenvalue weighted by atomic mass is 9.99. The fourth-order valence-corrected chi connectivity index (χ4v) is 2.49. The van der Waals surface area contributed by atoms with E-state index in [-0.39, 0.29) is 11.8 Å². The van der Waals surface area contributed by atoms with Gasteiger partial charge in [-0.1, -0.05) is 13.0 Å². The molecule has 0 aliphatic carbocycles. The molecule has 1 aromatic heterocycles. The van der Waals surface area contributed by atoms with Gasteiger partial charge in [-0.15, -0.1) is 0 Å². The molecule has 1 N–H and O–H groups in total. The number of carboxylic acid groups (broad SMARTS) is 1. The minimum atomic E-state index is -0.705. The first kappa shape index (κ1) is 12.8. The second kappa shape index (κ2) is 5.35. The first-order valence-electron chi connectivity index (χ1n) is 6.05. The van der Waals surface area contributed by atoms with E-state index in [1.807, 2.05) is 19.1 Å². The largest absolute Gasteiger partial charge is 0.481 e. The number of ether oxygens (including phenoxy) is 1. The lowest BCUT2D eigenvalue weighted by molar-refractivity contribution is -0.142. The van der Waals surface area contributed by atoms with E-state index in [0.717, 1.165) is 12.1 Å². The molecule has 0 unspecified atom stereocenters. The maximum Gasteiger partial charge on any atom is 0.308 e. The van der Waals surface area contributed by atoms with Crippen molar-refractivity contribution in [3.8, 4) is 5.88 Å². The van der Waals surface area contributed by atoms with E-state index in [1.165, 1.54) is 0 Å². The Morgan fingerprint density at radius 1 is 1.61 bits per heavy atom. The SMILES string of the molecule is COc1ncccc1CN1C[C@@H](C)[C@H](C(=O)O)C1. The van der Waals surface area contributed by atoms with Gasteiger partial charge < -0.3 is 9.84 Å². The third kappa shape index (κ3) is 2.61. The lowest BCUT2D eigenvalue weighted by Gasteiger charge is -2.16. The highest BCUT2D eigenvalue weighted by molar-refractivity contribution is 5.71. The van der Waals surface area contributed by atoms with Crippen molar-refractivity contribution in [3.05, 3.63) is 23.9 Å². The molecule has 1 saturated heterocycles. The van der Waals surface area contributed by atoms with Gasteiger partial charge in [0, 0.05) is 31.4 Å². The van der Waals surface area contributed by atoms with Gasteiger partial charge in [-0.3, -0.25) is 9.69 Å². The monoisotopic (exact) mass is 250 g/mol. The summed E-state index contributed by atoms with van der Waals surface area (Å²) in [6.07, 6.45) is 1.69. The molecule has 1 fully saturated rings. The number of carboxylic acids is 1. The van der Waals surface area contributed by atoms with Gasteiger partial charge >= 0.3 is 5.97 Å². The summed E-state index contributed by atoms with van der Waals surface area (Å²) in [5.74, 6) is -0.176. The van der Waals surface area contributed by atoms with Crippen LogP contribution >= 0.6 is 0 Å². The number of aromatic nitrogens is 1. The van der Waals surface area contributed by atoms with Crippen LogP contribution in [0.5, 0.6) is 5.88 Å². The highest BCUT2D eigenvalue weighted by Gasteiger charge is 2.34. The van der Waals surface area contributed by atoms with E-state index in [1.54, 1.807) is 13.3 Å². The second-order valence-corrected chi connectivity index (χ2v) is 4.79. The van der Waals surface area contributed by atoms with E-state index in [4.69, 9.17) is 9.84 Å². The number of aliphatic carboxylic acids is 1. The highest BCUT2D eigenvalue weighted by atomic mass is 16.5. The number of hydrogen-bond donors (Lipinski definition) is 1. The third-order valence-electron chi connectivity index (χ3n) is 3.44. The van der Waals surface area contributed by atoms with Gasteiger partial charge in [-0.05, 0) is 12.0 Å². The standard InChI is InChI=1S/C13H18N2O3/c1-9-6-15(8-11(9)13(16)17)7-10-4-3-5-14-12(10)18-2/h3-5,9,11H,6-8H2,1-2H3,(H,16,17)/t9-,11-/m1/s1. The van der Waals surface area contributed by atoms with Crippen molar-refractivity contribution >= 4 is 5.97 Å². The summed E-state index contributed by atoms with van der Waals surface area (Å²) in [7, 11) is 1.60. The van der Waals surface area contributed by atoms with Crippen molar-refractivity contribution < 1.29 is 14.6 Å². The van der Waals surface area contributed by atoms with Crippen LogP contribution in [0.25, 0.3) is 0 Å². The number of hydrogen-bond acceptors (Lipinski definition) is 4. The summed E-state index contributed by atoms with van der Waals surface area (Å²) in [6, 6.07) is 3.83. The van der Waals surface area contributed by atoms with Crippen LogP contribution in [-0.2, 0) is 11.3 Å². The summed E-state index contributed by atoms with van der Waals surface area (Å²) in [4.78, 5) is 17.4. The molecule has 98 valence electrons. The van der Waals surface area contributed by atoms with Crippen molar-refractivity contribution in [2.75, 3.05) is 20.2 Å². The number of methoxy groups -OCH3 is 1. The first-order chi connectivity index (χ1) is 8.61. The zero-order chi connectivity index (χ0) is 13.1. The van der Waals surface area contributed by atoms with Gasteiger partial charge in [0.1, 0.15) is 0 Å². The molecule has 1 aliphatic rings. The van der Waals surface area contributed by atoms with E-state index in [2.05, 4.69) is 9.88 Å². The summed E-state index contributed by atoms with van der Waals surface area (Å²) < 4.78 is 5.20. The van der Waals surface area contributed by atoms with Crippen LogP contribution < -0.4 is 4.74 Å². The lowest BCUT2D eigenvalue weighted by Crippen LogP contribution is -2.23. The smallest absolute Gasteiger partial charge is 0.308 e. The molecule has 18 heavy (non-hydrogen) atoms. The first-order valence-corrected chi connectivity index (χ1v) is 6.05. The molecule has 2 heterocycles. The van der Waals surface area contributed by atoms with Crippen LogP contribution in [0.1, 0.15) is 12.5 Å². The molecule has 0 radical (unpaired) electrons. The van der Waals surface area contributed by atoms with Crippen molar-refractivity contribution in [1.29, 1.82) is 0 Å². The molecular weight excluding hydrogens is 232 g/mol. The minimum Gasteiger partial charge on any atom is -0.481 e. The molecule has 2 rings (SSSR count). The van der Waals surface area contributed by atoms with Gasteiger partial charge in [0.05, 0.1) is 13.0 Å². The average molecular weight is 250 g/mol. The Bertz CT molecular complexity index is 436. The van der Waals surface area contributed by atoms with Gasteiger partial charge in [0.2, 0.25) is 5.88 Å². The number of rotatable bonds is 4. The number of pyridine rings is 1. The number of nitrogens with zero attached hydrogens (tertiary/aromatic N) is 2. The molecule has 5 heteroatoms. The van der Waals surface area contributed by atoms with Crippen LogP contribution in [0, 0.1) is 11.8 Å². The zero-order valence-electron chi connectivity index (χ0n) is 10.7. The summed E-state index contributed by atoms with van der Waals surface area (Å²) in [5.41, 5.74) is 0.998. The fraction of sp³-hybridized carbons (Fsp3) is 0.538. The molecule has 5 nitrogen and oxygen atoms in total. The Kier molecular flexibility index (Phi) is 3.81. The molecule has 1 aliphatic heterocycles. The van der Waals surface area contributed by atoms with E-state index in [9.17, 15) is 4.79 Å². The number of carbonyl (C=O) groups is 1. The second-order valence-electron chi connectivity index (χ2n) is 4.79. The van der Waals surface area contributed by atoms with Crippen molar-refractivity contribution in [1.82, 2.24) is 9.88 Å². The molecule has 0 aromatic carbocycles. The Balaban J connectivity index is 2.05. The maximum atomic E-state index is 11.1. The van der Waals surface area contributed by atoms with Crippen LogP contribution in [0.3, 0.4) is 0 Å². The van der Waals surface area contributed by atoms with Crippen LogP contribution in [0.4, 0.5) is 0 Å².